The summed E-state index contributed by atoms with van der Waals surface area (Å²) in [5.41, 5.74) is 0.866. The molecule has 1 aromatic heterocycles. The number of Topliss-reactive ketones (excluding diaryl/α,β-unsaturated/α-hetero) is 1. The van der Waals surface area contributed by atoms with Gasteiger partial charge in [-0.25, -0.2) is 0 Å². The van der Waals surface area contributed by atoms with E-state index in [2.05, 4.69) is 18.8 Å². The molecule has 1 unspecified atom stereocenters. The molecular weight excluding hydrogens is 174 g/mol. The quantitative estimate of drug-likeness (QED) is 0.731. The Morgan fingerprint density at radius 3 is 2.57 bits per heavy atom. The molecule has 1 heterocycles. The van der Waals surface area contributed by atoms with Crippen LogP contribution >= 0.6 is 0 Å². The lowest BCUT2D eigenvalue weighted by atomic mass is 9.91. The summed E-state index contributed by atoms with van der Waals surface area (Å²) in [7, 11) is 0. The topological polar surface area (TPSA) is 30.0 Å². The van der Waals surface area contributed by atoms with Gasteiger partial charge in [-0.1, -0.05) is 26.8 Å². The maximum atomic E-state index is 11.7. The van der Waals surface area contributed by atoms with Crippen molar-refractivity contribution in [1.82, 2.24) is 4.98 Å². The van der Waals surface area contributed by atoms with Crippen LogP contribution in [0, 0.1) is 11.8 Å². The van der Waals surface area contributed by atoms with Crippen molar-refractivity contribution in [2.24, 2.45) is 11.8 Å². The molecule has 1 aromatic rings. The molecule has 0 saturated heterocycles. The van der Waals surface area contributed by atoms with Crippen molar-refractivity contribution in [2.45, 2.75) is 27.2 Å². The predicted octanol–water partition coefficient (Wildman–Crippen LogP) is 2.49. The van der Waals surface area contributed by atoms with Crippen molar-refractivity contribution in [3.63, 3.8) is 0 Å². The summed E-state index contributed by atoms with van der Waals surface area (Å²) in [5.74, 6) is 0.807. The SMILES string of the molecule is CC(C)C(C)C(=O)Cc1ccccn1. The fourth-order valence-corrected chi connectivity index (χ4v) is 1.21. The first-order valence-corrected chi connectivity index (χ1v) is 5.04. The summed E-state index contributed by atoms with van der Waals surface area (Å²) in [6.45, 7) is 6.12. The molecule has 1 rings (SSSR count). The molecule has 0 aliphatic carbocycles. The van der Waals surface area contributed by atoms with Gasteiger partial charge in [-0.3, -0.25) is 9.78 Å². The highest BCUT2D eigenvalue weighted by Crippen LogP contribution is 2.12. The van der Waals surface area contributed by atoms with E-state index in [4.69, 9.17) is 0 Å². The molecule has 76 valence electrons. The Balaban J connectivity index is 2.58. The standard InChI is InChI=1S/C12H17NO/c1-9(2)10(3)12(14)8-11-6-4-5-7-13-11/h4-7,9-10H,8H2,1-3H3. The van der Waals surface area contributed by atoms with Gasteiger partial charge >= 0.3 is 0 Å². The number of hydrogen-bond acceptors (Lipinski definition) is 2. The van der Waals surface area contributed by atoms with Crippen molar-refractivity contribution in [3.05, 3.63) is 30.1 Å². The van der Waals surface area contributed by atoms with Gasteiger partial charge in [-0.15, -0.1) is 0 Å². The van der Waals surface area contributed by atoms with Gasteiger partial charge in [0.1, 0.15) is 5.78 Å². The molecule has 0 radical (unpaired) electrons. The Hall–Kier alpha value is -1.18. The van der Waals surface area contributed by atoms with Crippen LogP contribution in [-0.2, 0) is 11.2 Å². The average molecular weight is 191 g/mol. The van der Waals surface area contributed by atoms with Gasteiger partial charge in [0.15, 0.2) is 0 Å². The highest BCUT2D eigenvalue weighted by Gasteiger charge is 2.16. The molecule has 0 bridgehead atoms. The van der Waals surface area contributed by atoms with Gasteiger partial charge in [0.25, 0.3) is 0 Å². The molecule has 0 N–H and O–H groups in total. The van der Waals surface area contributed by atoms with Crippen molar-refractivity contribution in [2.75, 3.05) is 0 Å². The van der Waals surface area contributed by atoms with Crippen LogP contribution in [0.2, 0.25) is 0 Å². The number of nitrogens with zero attached hydrogens (tertiary/aromatic N) is 1. The van der Waals surface area contributed by atoms with E-state index in [1.807, 2.05) is 25.1 Å². The number of rotatable bonds is 4. The van der Waals surface area contributed by atoms with Gasteiger partial charge in [0, 0.05) is 24.2 Å². The van der Waals surface area contributed by atoms with Gasteiger partial charge in [0.2, 0.25) is 0 Å². The molecule has 2 nitrogen and oxygen atoms in total. The Kier molecular flexibility index (Phi) is 3.81. The van der Waals surface area contributed by atoms with Crippen LogP contribution in [0.5, 0.6) is 0 Å². The second kappa shape index (κ2) is 4.89. The zero-order valence-electron chi connectivity index (χ0n) is 9.03. The molecule has 0 aliphatic rings. The number of carbonyl (C=O) groups excluding carboxylic acids is 1. The van der Waals surface area contributed by atoms with E-state index < -0.39 is 0 Å². The zero-order valence-corrected chi connectivity index (χ0v) is 9.03. The summed E-state index contributed by atoms with van der Waals surface area (Å²) < 4.78 is 0. The van der Waals surface area contributed by atoms with E-state index in [0.717, 1.165) is 5.69 Å². The van der Waals surface area contributed by atoms with Crippen LogP contribution in [0.3, 0.4) is 0 Å². The summed E-state index contributed by atoms with van der Waals surface area (Å²) in [6, 6.07) is 5.67. The summed E-state index contributed by atoms with van der Waals surface area (Å²) in [6.07, 6.45) is 2.18. The van der Waals surface area contributed by atoms with E-state index in [0.29, 0.717) is 12.3 Å². The molecule has 14 heavy (non-hydrogen) atoms. The van der Waals surface area contributed by atoms with Crippen LogP contribution in [0.25, 0.3) is 0 Å². The van der Waals surface area contributed by atoms with E-state index in [1.165, 1.54) is 0 Å². The lowest BCUT2D eigenvalue weighted by Crippen LogP contribution is -2.19. The van der Waals surface area contributed by atoms with E-state index in [9.17, 15) is 4.79 Å². The highest BCUT2D eigenvalue weighted by atomic mass is 16.1. The number of carbonyl (C=O) groups is 1. The third-order valence-corrected chi connectivity index (χ3v) is 2.59. The zero-order chi connectivity index (χ0) is 10.6. The number of aromatic nitrogens is 1. The molecule has 2 heteroatoms. The van der Waals surface area contributed by atoms with Crippen LogP contribution in [0.1, 0.15) is 26.5 Å². The summed E-state index contributed by atoms with van der Waals surface area (Å²) >= 11 is 0. The molecule has 0 aromatic carbocycles. The monoisotopic (exact) mass is 191 g/mol. The van der Waals surface area contributed by atoms with Crippen LogP contribution in [-0.4, -0.2) is 10.8 Å². The molecule has 0 aliphatic heterocycles. The van der Waals surface area contributed by atoms with Crippen LogP contribution < -0.4 is 0 Å². The largest absolute Gasteiger partial charge is 0.299 e. The van der Waals surface area contributed by atoms with Crippen LogP contribution in [0.4, 0.5) is 0 Å². The van der Waals surface area contributed by atoms with Gasteiger partial charge in [0.05, 0.1) is 0 Å². The average Bonchev–Trinajstić information content (AvgIpc) is 2.18. The fourth-order valence-electron chi connectivity index (χ4n) is 1.21. The third-order valence-electron chi connectivity index (χ3n) is 2.59. The second-order valence-corrected chi connectivity index (χ2v) is 4.00. The maximum absolute atomic E-state index is 11.7. The predicted molar refractivity (Wildman–Crippen MR) is 57.0 cm³/mol. The smallest absolute Gasteiger partial charge is 0.141 e. The van der Waals surface area contributed by atoms with E-state index >= 15 is 0 Å². The molecular formula is C12H17NO. The third kappa shape index (κ3) is 2.95. The van der Waals surface area contributed by atoms with Crippen molar-refractivity contribution in [1.29, 1.82) is 0 Å². The number of pyridine rings is 1. The first-order chi connectivity index (χ1) is 6.61. The first-order valence-electron chi connectivity index (χ1n) is 5.04. The minimum absolute atomic E-state index is 0.122. The van der Waals surface area contributed by atoms with Gasteiger partial charge in [-0.2, -0.15) is 0 Å². The highest BCUT2D eigenvalue weighted by molar-refractivity contribution is 5.82. The minimum atomic E-state index is 0.122. The lowest BCUT2D eigenvalue weighted by molar-refractivity contribution is -0.122. The van der Waals surface area contributed by atoms with Crippen LogP contribution in [0.15, 0.2) is 24.4 Å². The first kappa shape index (κ1) is 10.9. The van der Waals surface area contributed by atoms with Crippen molar-refractivity contribution >= 4 is 5.78 Å². The Morgan fingerprint density at radius 1 is 1.36 bits per heavy atom. The van der Waals surface area contributed by atoms with Gasteiger partial charge < -0.3 is 0 Å². The van der Waals surface area contributed by atoms with Gasteiger partial charge in [-0.05, 0) is 18.1 Å². The molecule has 0 spiro atoms. The van der Waals surface area contributed by atoms with E-state index in [1.54, 1.807) is 6.20 Å². The lowest BCUT2D eigenvalue weighted by Gasteiger charge is -2.13. The minimum Gasteiger partial charge on any atom is -0.299 e. The Morgan fingerprint density at radius 2 is 2.07 bits per heavy atom. The number of hydrogen-bond donors (Lipinski definition) is 0. The molecule has 0 fully saturated rings. The van der Waals surface area contributed by atoms with Crippen molar-refractivity contribution < 1.29 is 4.79 Å². The number of ketones is 1. The van der Waals surface area contributed by atoms with Crippen molar-refractivity contribution in [3.8, 4) is 0 Å². The Bertz CT molecular complexity index is 292. The molecule has 0 saturated carbocycles. The second-order valence-electron chi connectivity index (χ2n) is 4.00. The molecule has 1 atom stereocenters. The Labute approximate surface area is 85.4 Å². The normalized spacial score (nSPS) is 12.9. The summed E-state index contributed by atoms with van der Waals surface area (Å²) in [4.78, 5) is 15.9. The fraction of sp³-hybridized carbons (Fsp3) is 0.500. The summed E-state index contributed by atoms with van der Waals surface area (Å²) in [5, 5.41) is 0. The van der Waals surface area contributed by atoms with E-state index in [-0.39, 0.29) is 11.7 Å². The maximum Gasteiger partial charge on any atom is 0.141 e. The molecule has 0 amide bonds.